The Bertz CT molecular complexity index is 522. The van der Waals surface area contributed by atoms with Crippen molar-refractivity contribution in [3.8, 4) is 0 Å². The predicted octanol–water partition coefficient (Wildman–Crippen LogP) is 3.32. The van der Waals surface area contributed by atoms with Crippen molar-refractivity contribution < 1.29 is 32.7 Å². The Kier molecular flexibility index (Phi) is 4.56. The maximum absolute atomic E-state index is 3.29. The quantitative estimate of drug-likeness (QED) is 0.696. The summed E-state index contributed by atoms with van der Waals surface area (Å²) in [5.41, 5.74) is 3.64. The van der Waals surface area contributed by atoms with Crippen molar-refractivity contribution in [1.29, 1.82) is 0 Å². The van der Waals surface area contributed by atoms with Crippen LogP contribution in [0.4, 0.5) is 0 Å². The summed E-state index contributed by atoms with van der Waals surface area (Å²) in [5, 5.41) is 0. The largest absolute Gasteiger partial charge is 0.364 e. The molecule has 0 fully saturated rings. The van der Waals surface area contributed by atoms with Gasteiger partial charge in [0.05, 0.1) is 0 Å². The first kappa shape index (κ1) is 13.3. The zero-order valence-corrected chi connectivity index (χ0v) is 12.8. The molecule has 18 heavy (non-hydrogen) atoms. The Morgan fingerprint density at radius 3 is 1.83 bits per heavy atom. The summed E-state index contributed by atoms with van der Waals surface area (Å²) < 4.78 is 0. The van der Waals surface area contributed by atoms with Gasteiger partial charge in [0.1, 0.15) is 0 Å². The van der Waals surface area contributed by atoms with E-state index >= 15 is 0 Å². The minimum absolute atomic E-state index is 0. The van der Waals surface area contributed by atoms with E-state index in [2.05, 4.69) is 40.3 Å². The Labute approximate surface area is 132 Å². The van der Waals surface area contributed by atoms with E-state index in [1.54, 1.807) is 0 Å². The number of nitrogens with one attached hydrogen (secondary N) is 2. The van der Waals surface area contributed by atoms with Crippen molar-refractivity contribution in [3.05, 3.63) is 83.9 Å². The monoisotopic (exact) mass is 310 g/mol. The van der Waals surface area contributed by atoms with Gasteiger partial charge in [-0.05, 0) is 24.3 Å². The number of aromatic amines is 2. The van der Waals surface area contributed by atoms with E-state index in [0.717, 1.165) is 0 Å². The number of hydrogen-bond acceptors (Lipinski definition) is 0. The van der Waals surface area contributed by atoms with Gasteiger partial charge in [0, 0.05) is 62.4 Å². The first-order valence-corrected chi connectivity index (χ1v) is 5.68. The van der Waals surface area contributed by atoms with Gasteiger partial charge < -0.3 is 9.97 Å². The second kappa shape index (κ2) is 6.17. The second-order valence-corrected chi connectivity index (χ2v) is 4.02. The van der Waals surface area contributed by atoms with Crippen molar-refractivity contribution in [2.75, 3.05) is 0 Å². The SMILES string of the molecule is [Y].[c-]1ccc(C(c2ccc[nH]2)c2ccc[nH]2)cc1. The molecule has 0 saturated carbocycles. The van der Waals surface area contributed by atoms with E-state index in [4.69, 9.17) is 0 Å². The molecule has 0 unspecified atom stereocenters. The smallest absolute Gasteiger partial charge is 0.0421 e. The van der Waals surface area contributed by atoms with Crippen LogP contribution >= 0.6 is 0 Å². The Morgan fingerprint density at radius 2 is 1.39 bits per heavy atom. The fraction of sp³-hybridized carbons (Fsp3) is 0.0667. The van der Waals surface area contributed by atoms with Gasteiger partial charge in [0.2, 0.25) is 0 Å². The number of rotatable bonds is 3. The van der Waals surface area contributed by atoms with Crippen molar-refractivity contribution in [2.45, 2.75) is 5.92 Å². The second-order valence-electron chi connectivity index (χ2n) is 4.02. The fourth-order valence-electron chi connectivity index (χ4n) is 2.17. The van der Waals surface area contributed by atoms with Gasteiger partial charge in [-0.2, -0.15) is 30.3 Å². The summed E-state index contributed by atoms with van der Waals surface area (Å²) in [7, 11) is 0. The van der Waals surface area contributed by atoms with Gasteiger partial charge in [0.15, 0.2) is 0 Å². The topological polar surface area (TPSA) is 31.6 Å². The van der Waals surface area contributed by atoms with E-state index in [0.29, 0.717) is 0 Å². The number of benzene rings is 1. The van der Waals surface area contributed by atoms with E-state index < -0.39 is 0 Å². The molecule has 0 aliphatic carbocycles. The number of H-pyrrole nitrogens is 2. The molecular formula is C15H13N2Y-. The van der Waals surface area contributed by atoms with Crippen LogP contribution < -0.4 is 0 Å². The van der Waals surface area contributed by atoms with E-state index in [9.17, 15) is 0 Å². The van der Waals surface area contributed by atoms with Crippen LogP contribution in [0.5, 0.6) is 0 Å². The van der Waals surface area contributed by atoms with Crippen molar-refractivity contribution in [3.63, 3.8) is 0 Å². The van der Waals surface area contributed by atoms with Crippen molar-refractivity contribution >= 4 is 0 Å². The molecule has 0 aliphatic heterocycles. The van der Waals surface area contributed by atoms with Gasteiger partial charge >= 0.3 is 0 Å². The minimum Gasteiger partial charge on any atom is -0.364 e. The van der Waals surface area contributed by atoms with Crippen molar-refractivity contribution in [1.82, 2.24) is 9.97 Å². The van der Waals surface area contributed by atoms with Crippen LogP contribution in [0.1, 0.15) is 22.9 Å². The van der Waals surface area contributed by atoms with Crippen LogP contribution in [-0.4, -0.2) is 9.97 Å². The average Bonchev–Trinajstić information content (AvgIpc) is 3.04. The normalized spacial score (nSPS) is 10.3. The molecule has 1 radical (unpaired) electrons. The molecule has 0 amide bonds. The molecule has 0 aliphatic rings. The zero-order valence-electron chi connectivity index (χ0n) is 9.93. The molecular weight excluding hydrogens is 297 g/mol. The molecule has 1 aromatic carbocycles. The molecule has 2 nitrogen and oxygen atoms in total. The van der Waals surface area contributed by atoms with Gasteiger partial charge in [-0.15, -0.1) is 5.56 Å². The number of hydrogen-bond donors (Lipinski definition) is 2. The summed E-state index contributed by atoms with van der Waals surface area (Å²) in [5.74, 6) is 0.231. The van der Waals surface area contributed by atoms with Crippen LogP contribution in [-0.2, 0) is 32.7 Å². The van der Waals surface area contributed by atoms with E-state index in [1.807, 2.05) is 36.7 Å². The van der Waals surface area contributed by atoms with Crippen LogP contribution in [0.2, 0.25) is 0 Å². The third kappa shape index (κ3) is 2.65. The first-order chi connectivity index (χ1) is 8.45. The van der Waals surface area contributed by atoms with Crippen LogP contribution in [0.25, 0.3) is 0 Å². The van der Waals surface area contributed by atoms with Gasteiger partial charge in [-0.3, -0.25) is 0 Å². The standard InChI is InChI=1S/C15H13N2.Y/c1-2-6-12(7-3-1)15(13-8-4-10-16-13)14-9-5-11-17-14;/h2-11,15-17H;/q-1;. The molecule has 0 spiro atoms. The summed E-state index contributed by atoms with van der Waals surface area (Å²) in [6.07, 6.45) is 3.92. The summed E-state index contributed by atoms with van der Waals surface area (Å²) in [6, 6.07) is 19.5. The van der Waals surface area contributed by atoms with Crippen LogP contribution in [0.3, 0.4) is 0 Å². The van der Waals surface area contributed by atoms with Gasteiger partial charge in [0.25, 0.3) is 0 Å². The van der Waals surface area contributed by atoms with E-state index in [1.165, 1.54) is 17.0 Å². The Morgan fingerprint density at radius 1 is 0.833 bits per heavy atom. The Hall–Kier alpha value is -1.12. The minimum atomic E-state index is 0. The van der Waals surface area contributed by atoms with E-state index in [-0.39, 0.29) is 38.6 Å². The molecule has 2 aromatic heterocycles. The van der Waals surface area contributed by atoms with Crippen molar-refractivity contribution in [2.24, 2.45) is 0 Å². The molecule has 87 valence electrons. The summed E-state index contributed by atoms with van der Waals surface area (Å²) in [4.78, 5) is 6.59. The summed E-state index contributed by atoms with van der Waals surface area (Å²) in [6.45, 7) is 0. The molecule has 0 saturated heterocycles. The van der Waals surface area contributed by atoms with Gasteiger partial charge in [-0.25, -0.2) is 0 Å². The zero-order chi connectivity index (χ0) is 11.5. The molecule has 0 atom stereocenters. The van der Waals surface area contributed by atoms with Crippen LogP contribution in [0.15, 0.2) is 60.9 Å². The molecule has 3 rings (SSSR count). The fourth-order valence-corrected chi connectivity index (χ4v) is 2.17. The maximum Gasteiger partial charge on any atom is 0.0421 e. The predicted molar refractivity (Wildman–Crippen MR) is 67.8 cm³/mol. The van der Waals surface area contributed by atoms with Crippen LogP contribution in [0, 0.1) is 6.07 Å². The Balaban J connectivity index is 0.00000120. The third-order valence-corrected chi connectivity index (χ3v) is 2.94. The maximum atomic E-state index is 3.29. The molecule has 2 heterocycles. The molecule has 3 aromatic rings. The first-order valence-electron chi connectivity index (χ1n) is 5.68. The third-order valence-electron chi connectivity index (χ3n) is 2.94. The molecule has 0 bridgehead atoms. The number of aromatic nitrogens is 2. The molecule has 3 heteroatoms. The molecule has 2 N–H and O–H groups in total. The van der Waals surface area contributed by atoms with Gasteiger partial charge in [-0.1, -0.05) is 0 Å². The average molecular weight is 310 g/mol. The summed E-state index contributed by atoms with van der Waals surface area (Å²) >= 11 is 0.